The maximum absolute atomic E-state index is 13.0. The second-order valence-electron chi connectivity index (χ2n) is 6.38. The molecule has 0 aromatic heterocycles. The van der Waals surface area contributed by atoms with Crippen molar-refractivity contribution < 1.29 is 33.8 Å². The average molecular weight is 571 g/mol. The molecule has 2 aromatic carbocycles. The molecule has 11 heteroatoms. The number of nitrogens with zero attached hydrogens (tertiary/aromatic N) is 1. The van der Waals surface area contributed by atoms with Crippen LogP contribution in [-0.4, -0.2) is 42.1 Å². The number of hydrogen-bond donors (Lipinski definition) is 2. The summed E-state index contributed by atoms with van der Waals surface area (Å²) in [5, 5.41) is 11.3. The molecule has 4 amide bonds. The molecule has 0 saturated carbocycles. The quantitative estimate of drug-likeness (QED) is 0.297. The summed E-state index contributed by atoms with van der Waals surface area (Å²) in [6.45, 7) is 1.45. The topological polar surface area (TPSA) is 122 Å². The smallest absolute Gasteiger partial charge is 0.341 e. The molecule has 1 saturated heterocycles. The van der Waals surface area contributed by atoms with Crippen LogP contribution < -0.4 is 19.7 Å². The molecule has 0 unspecified atom stereocenters. The molecule has 1 aliphatic rings. The Morgan fingerprint density at radius 2 is 1.97 bits per heavy atom. The van der Waals surface area contributed by atoms with E-state index in [0.717, 1.165) is 4.90 Å². The van der Waals surface area contributed by atoms with E-state index in [-0.39, 0.29) is 29.4 Å². The predicted molar refractivity (Wildman–Crippen MR) is 124 cm³/mol. The van der Waals surface area contributed by atoms with Crippen molar-refractivity contribution in [2.45, 2.75) is 6.92 Å². The summed E-state index contributed by atoms with van der Waals surface area (Å²) < 4.78 is 11.4. The van der Waals surface area contributed by atoms with Gasteiger partial charge in [-0.05, 0) is 71.5 Å². The fourth-order valence-corrected chi connectivity index (χ4v) is 3.85. The van der Waals surface area contributed by atoms with E-state index in [1.807, 2.05) is 22.6 Å². The van der Waals surface area contributed by atoms with Crippen molar-refractivity contribution >= 4 is 69.8 Å². The second kappa shape index (κ2) is 10.0. The van der Waals surface area contributed by atoms with Crippen LogP contribution in [0.4, 0.5) is 10.5 Å². The van der Waals surface area contributed by atoms with Crippen molar-refractivity contribution in [1.82, 2.24) is 5.32 Å². The number of carbonyl (C=O) groups is 4. The van der Waals surface area contributed by atoms with Gasteiger partial charge in [-0.25, -0.2) is 14.5 Å². The van der Waals surface area contributed by atoms with Gasteiger partial charge in [-0.15, -0.1) is 0 Å². The number of ether oxygens (including phenoxy) is 2. The maximum Gasteiger partial charge on any atom is 0.341 e. The molecule has 0 spiro atoms. The Hall–Kier alpha value is -3.12. The van der Waals surface area contributed by atoms with E-state index in [2.05, 4.69) is 5.32 Å². The molecule has 3 rings (SSSR count). The first-order valence-electron chi connectivity index (χ1n) is 9.19. The molecule has 1 aliphatic heterocycles. The fraction of sp³-hybridized carbons (Fsp3) is 0.143. The lowest BCUT2D eigenvalue weighted by molar-refractivity contribution is -0.139. The van der Waals surface area contributed by atoms with Crippen molar-refractivity contribution in [3.8, 4) is 11.5 Å². The van der Waals surface area contributed by atoms with E-state index in [1.54, 1.807) is 25.1 Å². The van der Waals surface area contributed by atoms with Gasteiger partial charge in [-0.2, -0.15) is 0 Å². The molecular weight excluding hydrogens is 555 g/mol. The largest absolute Gasteiger partial charge is 0.490 e. The average Bonchev–Trinajstić information content (AvgIpc) is 2.70. The van der Waals surface area contributed by atoms with Crippen LogP contribution >= 0.6 is 34.2 Å². The zero-order valence-electron chi connectivity index (χ0n) is 16.6. The number of benzene rings is 2. The number of imide groups is 2. The van der Waals surface area contributed by atoms with Gasteiger partial charge in [0.2, 0.25) is 0 Å². The predicted octanol–water partition coefficient (Wildman–Crippen LogP) is 3.47. The summed E-state index contributed by atoms with van der Waals surface area (Å²) in [6, 6.07) is 8.32. The van der Waals surface area contributed by atoms with Crippen LogP contribution in [0.15, 0.2) is 42.0 Å². The van der Waals surface area contributed by atoms with Crippen molar-refractivity contribution in [2.75, 3.05) is 18.1 Å². The van der Waals surface area contributed by atoms with E-state index in [4.69, 9.17) is 26.2 Å². The second-order valence-corrected chi connectivity index (χ2v) is 7.98. The summed E-state index contributed by atoms with van der Waals surface area (Å²) >= 11 is 7.90. The van der Waals surface area contributed by atoms with Gasteiger partial charge in [0.05, 0.1) is 15.9 Å². The van der Waals surface area contributed by atoms with Gasteiger partial charge in [-0.1, -0.05) is 17.7 Å². The fourth-order valence-electron chi connectivity index (χ4n) is 2.88. The molecule has 1 heterocycles. The van der Waals surface area contributed by atoms with Gasteiger partial charge in [0.1, 0.15) is 5.57 Å². The SMILES string of the molecule is CCOc1cc(/C=C2\C(=O)NC(=O)N(c3cccc(Cl)c3)C2=O)cc(I)c1OCC(=O)O. The lowest BCUT2D eigenvalue weighted by atomic mass is 10.1. The van der Waals surface area contributed by atoms with Crippen LogP contribution in [0.2, 0.25) is 5.02 Å². The number of halogens is 2. The third kappa shape index (κ3) is 5.19. The van der Waals surface area contributed by atoms with Gasteiger partial charge in [-0.3, -0.25) is 14.9 Å². The minimum absolute atomic E-state index is 0.209. The summed E-state index contributed by atoms with van der Waals surface area (Å²) in [4.78, 5) is 49.4. The summed E-state index contributed by atoms with van der Waals surface area (Å²) in [5.41, 5.74) is 0.349. The van der Waals surface area contributed by atoms with E-state index < -0.39 is 30.4 Å². The first-order chi connectivity index (χ1) is 15.2. The van der Waals surface area contributed by atoms with Crippen LogP contribution in [0, 0.1) is 3.57 Å². The molecular formula is C21H16ClIN2O7. The number of barbiturate groups is 1. The Morgan fingerprint density at radius 1 is 1.22 bits per heavy atom. The number of aliphatic carboxylic acids is 1. The highest BCUT2D eigenvalue weighted by molar-refractivity contribution is 14.1. The minimum Gasteiger partial charge on any atom is -0.490 e. The summed E-state index contributed by atoms with van der Waals surface area (Å²) in [5.74, 6) is -2.34. The molecule has 32 heavy (non-hydrogen) atoms. The first-order valence-corrected chi connectivity index (χ1v) is 10.6. The lowest BCUT2D eigenvalue weighted by Crippen LogP contribution is -2.54. The molecule has 0 atom stereocenters. The van der Waals surface area contributed by atoms with Crippen molar-refractivity contribution in [1.29, 1.82) is 0 Å². The molecule has 0 bridgehead atoms. The van der Waals surface area contributed by atoms with Crippen LogP contribution in [0.1, 0.15) is 12.5 Å². The van der Waals surface area contributed by atoms with E-state index in [1.165, 1.54) is 24.3 Å². The molecule has 1 fully saturated rings. The highest BCUT2D eigenvalue weighted by atomic mass is 127. The van der Waals surface area contributed by atoms with Crippen LogP contribution in [0.5, 0.6) is 11.5 Å². The molecule has 0 radical (unpaired) electrons. The molecule has 166 valence electrons. The Bertz CT molecular complexity index is 1150. The Morgan fingerprint density at radius 3 is 2.62 bits per heavy atom. The standard InChI is InChI=1S/C21H16ClIN2O7/c1-2-31-16-8-11(7-15(23)18(16)32-10-17(26)27)6-14-19(28)24-21(30)25(20(14)29)13-5-3-4-12(22)9-13/h3-9H,2,10H2,1H3,(H,26,27)(H,24,28,30)/b14-6+. The third-order valence-electron chi connectivity index (χ3n) is 4.15. The maximum atomic E-state index is 13.0. The molecule has 0 aliphatic carbocycles. The summed E-state index contributed by atoms with van der Waals surface area (Å²) in [6.07, 6.45) is 1.31. The number of amides is 4. The number of nitrogens with one attached hydrogen (secondary N) is 1. The van der Waals surface area contributed by atoms with Gasteiger partial charge >= 0.3 is 12.0 Å². The zero-order valence-corrected chi connectivity index (χ0v) is 19.5. The van der Waals surface area contributed by atoms with Gasteiger partial charge in [0, 0.05) is 5.02 Å². The third-order valence-corrected chi connectivity index (χ3v) is 5.19. The normalized spacial score (nSPS) is 15.0. The molecule has 9 nitrogen and oxygen atoms in total. The highest BCUT2D eigenvalue weighted by Crippen LogP contribution is 2.35. The van der Waals surface area contributed by atoms with Crippen molar-refractivity contribution in [2.24, 2.45) is 0 Å². The molecule has 2 N–H and O–H groups in total. The number of rotatable bonds is 7. The zero-order chi connectivity index (χ0) is 23.4. The molecule has 2 aromatic rings. The number of carbonyl (C=O) groups excluding carboxylic acids is 3. The first kappa shape index (κ1) is 23.5. The lowest BCUT2D eigenvalue weighted by Gasteiger charge is -2.26. The van der Waals surface area contributed by atoms with Gasteiger partial charge in [0.15, 0.2) is 18.1 Å². The number of hydrogen-bond acceptors (Lipinski definition) is 6. The van der Waals surface area contributed by atoms with E-state index in [0.29, 0.717) is 14.2 Å². The Labute approximate surface area is 201 Å². The highest BCUT2D eigenvalue weighted by Gasteiger charge is 2.37. The van der Waals surface area contributed by atoms with Crippen LogP contribution in [0.3, 0.4) is 0 Å². The van der Waals surface area contributed by atoms with E-state index >= 15 is 0 Å². The Balaban J connectivity index is 2.01. The number of urea groups is 1. The summed E-state index contributed by atoms with van der Waals surface area (Å²) in [7, 11) is 0. The van der Waals surface area contributed by atoms with Crippen LogP contribution in [-0.2, 0) is 14.4 Å². The van der Waals surface area contributed by atoms with Gasteiger partial charge in [0.25, 0.3) is 11.8 Å². The number of carboxylic acid groups (broad SMARTS) is 1. The monoisotopic (exact) mass is 570 g/mol. The Kier molecular flexibility index (Phi) is 7.36. The number of anilines is 1. The minimum atomic E-state index is -1.15. The van der Waals surface area contributed by atoms with E-state index in [9.17, 15) is 19.2 Å². The van der Waals surface area contributed by atoms with Crippen molar-refractivity contribution in [3.05, 3.63) is 56.1 Å². The number of carboxylic acids is 1. The van der Waals surface area contributed by atoms with Crippen LogP contribution in [0.25, 0.3) is 6.08 Å². The van der Waals surface area contributed by atoms with Crippen molar-refractivity contribution in [3.63, 3.8) is 0 Å². The van der Waals surface area contributed by atoms with Gasteiger partial charge < -0.3 is 14.6 Å².